The van der Waals surface area contributed by atoms with Crippen LogP contribution in [0.3, 0.4) is 0 Å². The van der Waals surface area contributed by atoms with Crippen molar-refractivity contribution in [2.24, 2.45) is 5.10 Å². The van der Waals surface area contributed by atoms with Gasteiger partial charge in [0, 0.05) is 33.4 Å². The first-order valence-corrected chi connectivity index (χ1v) is 9.70. The first-order valence-electron chi connectivity index (χ1n) is 9.32. The Morgan fingerprint density at radius 1 is 0.862 bits per heavy atom. The van der Waals surface area contributed by atoms with Crippen LogP contribution < -0.4 is 10.8 Å². The van der Waals surface area contributed by atoms with Crippen molar-refractivity contribution < 1.29 is 4.42 Å². The number of nitrogens with zero attached hydrogens (tertiary/aromatic N) is 3. The summed E-state index contributed by atoms with van der Waals surface area (Å²) in [4.78, 5) is 8.79. The molecule has 2 heterocycles. The van der Waals surface area contributed by atoms with Crippen LogP contribution in [0, 0.1) is 27.7 Å². The van der Waals surface area contributed by atoms with Crippen LogP contribution in [0.15, 0.2) is 58.0 Å². The number of fused-ring (bicyclic) bond motifs is 1. The summed E-state index contributed by atoms with van der Waals surface area (Å²) in [6.45, 7) is 8.01. The minimum absolute atomic E-state index is 0.466. The van der Waals surface area contributed by atoms with Crippen molar-refractivity contribution in [3.63, 3.8) is 0 Å². The van der Waals surface area contributed by atoms with Gasteiger partial charge in [-0.3, -0.25) is 0 Å². The van der Waals surface area contributed by atoms with E-state index in [1.54, 1.807) is 0 Å². The van der Waals surface area contributed by atoms with E-state index >= 15 is 0 Å². The molecule has 0 bridgehead atoms. The van der Waals surface area contributed by atoms with Crippen LogP contribution in [-0.4, -0.2) is 9.97 Å². The maximum atomic E-state index is 6.19. The number of halogens is 1. The summed E-state index contributed by atoms with van der Waals surface area (Å²) in [5.74, 6) is 1.17. The molecule has 0 saturated heterocycles. The van der Waals surface area contributed by atoms with Gasteiger partial charge in [0.25, 0.3) is 0 Å². The van der Waals surface area contributed by atoms with E-state index in [-0.39, 0.29) is 0 Å². The highest BCUT2D eigenvalue weighted by atomic mass is 35.5. The standard InChI is InChI=1S/C23H21ClN4O/c1-13-9-19-20(27-28-23-25-15(3)11-16(4)26-23)12-21(29-22(19)10-14(13)2)17-5-7-18(24)8-6-17/h5-12H,1-4H3,(H,25,26,28)/b27-20-. The summed E-state index contributed by atoms with van der Waals surface area (Å²) in [5, 5.41) is 6.95. The average Bonchev–Trinajstić information content (AvgIpc) is 2.67. The molecule has 5 nitrogen and oxygen atoms in total. The van der Waals surface area contributed by atoms with E-state index in [1.165, 1.54) is 5.56 Å². The van der Waals surface area contributed by atoms with Gasteiger partial charge in [0.2, 0.25) is 5.95 Å². The second kappa shape index (κ2) is 7.68. The van der Waals surface area contributed by atoms with E-state index in [4.69, 9.17) is 16.0 Å². The van der Waals surface area contributed by atoms with Gasteiger partial charge in [-0.05, 0) is 81.3 Å². The van der Waals surface area contributed by atoms with Crippen LogP contribution >= 0.6 is 11.6 Å². The third-order valence-electron chi connectivity index (χ3n) is 4.75. The largest absolute Gasteiger partial charge is 0.456 e. The number of benzene rings is 2. The highest BCUT2D eigenvalue weighted by Crippen LogP contribution is 2.25. The van der Waals surface area contributed by atoms with Crippen LogP contribution in [-0.2, 0) is 0 Å². The second-order valence-corrected chi connectivity index (χ2v) is 7.57. The lowest BCUT2D eigenvalue weighted by molar-refractivity contribution is 0.617. The SMILES string of the molecule is Cc1cc(C)nc(N/N=c2/cc(-c3ccc(Cl)cc3)oc3cc(C)c(C)cc23)n1. The predicted octanol–water partition coefficient (Wildman–Crippen LogP) is 5.70. The molecule has 0 fully saturated rings. The monoisotopic (exact) mass is 404 g/mol. The zero-order chi connectivity index (χ0) is 20.5. The van der Waals surface area contributed by atoms with Crippen molar-refractivity contribution in [3.05, 3.63) is 81.4 Å². The van der Waals surface area contributed by atoms with Gasteiger partial charge in [0.15, 0.2) is 0 Å². The van der Waals surface area contributed by atoms with Crippen LogP contribution in [0.4, 0.5) is 5.95 Å². The Morgan fingerprint density at radius 2 is 1.52 bits per heavy atom. The van der Waals surface area contributed by atoms with Gasteiger partial charge < -0.3 is 4.42 Å². The Morgan fingerprint density at radius 3 is 2.21 bits per heavy atom. The zero-order valence-electron chi connectivity index (χ0n) is 16.7. The quantitative estimate of drug-likeness (QED) is 0.444. The Bertz CT molecular complexity index is 1260. The second-order valence-electron chi connectivity index (χ2n) is 7.13. The van der Waals surface area contributed by atoms with Crippen LogP contribution in [0.1, 0.15) is 22.5 Å². The molecule has 0 radical (unpaired) electrons. The molecule has 0 saturated carbocycles. The lowest BCUT2D eigenvalue weighted by atomic mass is 10.1. The van der Waals surface area contributed by atoms with Crippen molar-refractivity contribution in [2.45, 2.75) is 27.7 Å². The normalized spacial score (nSPS) is 11.8. The minimum Gasteiger partial charge on any atom is -0.456 e. The van der Waals surface area contributed by atoms with Crippen LogP contribution in [0.5, 0.6) is 0 Å². The number of rotatable bonds is 3. The molecular weight excluding hydrogens is 384 g/mol. The fourth-order valence-electron chi connectivity index (χ4n) is 3.16. The first kappa shape index (κ1) is 19.2. The first-order chi connectivity index (χ1) is 13.9. The highest BCUT2D eigenvalue weighted by molar-refractivity contribution is 6.30. The molecule has 0 unspecified atom stereocenters. The third kappa shape index (κ3) is 4.15. The number of hydrogen-bond donors (Lipinski definition) is 1. The van der Waals surface area contributed by atoms with E-state index in [2.05, 4.69) is 40.4 Å². The van der Waals surface area contributed by atoms with E-state index in [0.29, 0.717) is 16.7 Å². The summed E-state index contributed by atoms with van der Waals surface area (Å²) in [6.07, 6.45) is 0. The Hall–Kier alpha value is -3.18. The lowest BCUT2D eigenvalue weighted by Gasteiger charge is -2.08. The summed E-state index contributed by atoms with van der Waals surface area (Å²) < 4.78 is 6.19. The molecule has 0 aliphatic carbocycles. The van der Waals surface area contributed by atoms with E-state index in [1.807, 2.05) is 56.3 Å². The molecule has 0 spiro atoms. The maximum Gasteiger partial charge on any atom is 0.243 e. The number of aryl methyl sites for hydroxylation is 4. The number of hydrogen-bond acceptors (Lipinski definition) is 5. The van der Waals surface area contributed by atoms with Gasteiger partial charge in [-0.25, -0.2) is 15.4 Å². The smallest absolute Gasteiger partial charge is 0.243 e. The van der Waals surface area contributed by atoms with Gasteiger partial charge in [0.1, 0.15) is 11.3 Å². The van der Waals surface area contributed by atoms with Gasteiger partial charge in [-0.1, -0.05) is 11.6 Å². The molecule has 6 heteroatoms. The average molecular weight is 405 g/mol. The molecule has 1 N–H and O–H groups in total. The van der Waals surface area contributed by atoms with Crippen molar-refractivity contribution in [2.75, 3.05) is 5.43 Å². The highest BCUT2D eigenvalue weighted by Gasteiger charge is 2.08. The Balaban J connectivity index is 1.90. The minimum atomic E-state index is 0.466. The predicted molar refractivity (Wildman–Crippen MR) is 117 cm³/mol. The molecule has 4 aromatic rings. The van der Waals surface area contributed by atoms with Gasteiger partial charge >= 0.3 is 0 Å². The molecule has 0 amide bonds. The topological polar surface area (TPSA) is 63.3 Å². The lowest BCUT2D eigenvalue weighted by Crippen LogP contribution is -2.09. The number of anilines is 1. The molecular formula is C23H21ClN4O. The fraction of sp³-hybridized carbons (Fsp3) is 0.174. The van der Waals surface area contributed by atoms with E-state index in [0.717, 1.165) is 38.8 Å². The summed E-state index contributed by atoms with van der Waals surface area (Å²) in [7, 11) is 0. The van der Waals surface area contributed by atoms with Gasteiger partial charge in [0.05, 0.1) is 5.36 Å². The molecule has 146 valence electrons. The molecule has 2 aromatic heterocycles. The number of aromatic nitrogens is 2. The zero-order valence-corrected chi connectivity index (χ0v) is 17.5. The van der Waals surface area contributed by atoms with E-state index in [9.17, 15) is 0 Å². The summed E-state index contributed by atoms with van der Waals surface area (Å²) in [6, 6.07) is 15.5. The van der Waals surface area contributed by atoms with Gasteiger partial charge in [-0.2, -0.15) is 5.10 Å². The fourth-order valence-corrected chi connectivity index (χ4v) is 3.29. The van der Waals surface area contributed by atoms with Crippen molar-refractivity contribution in [3.8, 4) is 11.3 Å². The molecule has 0 aliphatic heterocycles. The van der Waals surface area contributed by atoms with Crippen molar-refractivity contribution in [1.29, 1.82) is 0 Å². The van der Waals surface area contributed by atoms with Crippen molar-refractivity contribution in [1.82, 2.24) is 9.97 Å². The molecule has 0 atom stereocenters. The maximum absolute atomic E-state index is 6.19. The molecule has 29 heavy (non-hydrogen) atoms. The number of nitrogens with one attached hydrogen (secondary N) is 1. The molecule has 0 aliphatic rings. The summed E-state index contributed by atoms with van der Waals surface area (Å²) in [5.41, 5.74) is 8.79. The third-order valence-corrected chi connectivity index (χ3v) is 5.00. The van der Waals surface area contributed by atoms with Crippen LogP contribution in [0.25, 0.3) is 22.3 Å². The Kier molecular flexibility index (Phi) is 5.07. The Labute approximate surface area is 174 Å². The van der Waals surface area contributed by atoms with Gasteiger partial charge in [-0.15, -0.1) is 0 Å². The van der Waals surface area contributed by atoms with Crippen molar-refractivity contribution >= 4 is 28.5 Å². The van der Waals surface area contributed by atoms with E-state index < -0.39 is 0 Å². The summed E-state index contributed by atoms with van der Waals surface area (Å²) >= 11 is 6.03. The van der Waals surface area contributed by atoms with Crippen LogP contribution in [0.2, 0.25) is 5.02 Å². The molecule has 2 aromatic carbocycles. The molecule has 4 rings (SSSR count).